The molecular formula is C41H52FN5. The highest BCUT2D eigenvalue weighted by molar-refractivity contribution is 5.95. The quantitative estimate of drug-likeness (QED) is 0.144. The maximum Gasteiger partial charge on any atom is 0.115 e. The van der Waals surface area contributed by atoms with Gasteiger partial charge in [-0.3, -0.25) is 4.98 Å². The fraction of sp³-hybridized carbons (Fsp3) is 0.439. The molecule has 5 rings (SSSR count). The molecule has 248 valence electrons. The van der Waals surface area contributed by atoms with Crippen LogP contribution in [0.15, 0.2) is 67.0 Å². The zero-order valence-corrected chi connectivity index (χ0v) is 29.0. The van der Waals surface area contributed by atoms with E-state index in [-0.39, 0.29) is 17.4 Å². The average molecular weight is 634 g/mol. The number of benzene rings is 2. The first kappa shape index (κ1) is 34.4. The number of aromatic nitrogens is 2. The smallest absolute Gasteiger partial charge is 0.115 e. The SMILES string of the molecule is C#CCCC(C)(C)Cc1c(-c2cccnc2C(C)C)n(CC)c2ccc(-c3cc(CF)cc(CC(N)C(=C)N4CCCCN4)c3)cc12. The van der Waals surface area contributed by atoms with Crippen LogP contribution in [0.1, 0.15) is 88.6 Å². The summed E-state index contributed by atoms with van der Waals surface area (Å²) < 4.78 is 16.7. The minimum Gasteiger partial charge on any atom is -0.340 e. The molecule has 2 aromatic carbocycles. The van der Waals surface area contributed by atoms with Gasteiger partial charge in [-0.2, -0.15) is 0 Å². The Balaban J connectivity index is 1.63. The standard InChI is InChI=1S/C41H52FN5/c1-8-10-17-41(6,7)26-36-35-25-32(15-16-38(35)46(9-2)40(36)34-14-13-18-44-39(34)28(3)4)33-22-30(21-31(23-33)27-42)24-37(43)29(5)47-20-12-11-19-45-47/h1,13-16,18,21-23,25,28,37,45H,5,9-12,17,19-20,24,26-27,43H2,2-4,6-7H3. The van der Waals surface area contributed by atoms with Crippen LogP contribution in [0.5, 0.6) is 0 Å². The van der Waals surface area contributed by atoms with Crippen molar-refractivity contribution in [2.45, 2.75) is 98.3 Å². The topological polar surface area (TPSA) is 59.1 Å². The van der Waals surface area contributed by atoms with E-state index >= 15 is 0 Å². The number of terminal acetylenes is 1. The summed E-state index contributed by atoms with van der Waals surface area (Å²) in [5.41, 5.74) is 20.7. The molecule has 0 saturated carbocycles. The van der Waals surface area contributed by atoms with E-state index in [1.54, 1.807) is 0 Å². The molecule has 1 aliphatic rings. The predicted octanol–water partition coefficient (Wildman–Crippen LogP) is 8.95. The molecule has 1 fully saturated rings. The average Bonchev–Trinajstić information content (AvgIpc) is 3.38. The second-order valence-corrected chi connectivity index (χ2v) is 14.2. The van der Waals surface area contributed by atoms with Crippen LogP contribution in [-0.2, 0) is 26.1 Å². The Kier molecular flexibility index (Phi) is 10.9. The van der Waals surface area contributed by atoms with E-state index < -0.39 is 6.67 Å². The normalized spacial score (nSPS) is 14.5. The monoisotopic (exact) mass is 633 g/mol. The Labute approximate surface area is 281 Å². The number of alkyl halides is 1. The van der Waals surface area contributed by atoms with E-state index in [1.165, 1.54) is 27.7 Å². The van der Waals surface area contributed by atoms with Gasteiger partial charge in [0, 0.05) is 60.5 Å². The fourth-order valence-electron chi connectivity index (χ4n) is 7.10. The highest BCUT2D eigenvalue weighted by Gasteiger charge is 2.27. The molecule has 1 saturated heterocycles. The third kappa shape index (κ3) is 7.64. The number of hydrogen-bond donors (Lipinski definition) is 2. The Morgan fingerprint density at radius 2 is 1.91 bits per heavy atom. The van der Waals surface area contributed by atoms with Crippen LogP contribution in [0.25, 0.3) is 33.3 Å². The molecule has 3 heterocycles. The minimum absolute atomic E-state index is 0.00670. The van der Waals surface area contributed by atoms with Crippen molar-refractivity contribution in [3.8, 4) is 34.7 Å². The Morgan fingerprint density at radius 3 is 2.60 bits per heavy atom. The number of fused-ring (bicyclic) bond motifs is 1. The number of hydrogen-bond acceptors (Lipinski definition) is 4. The third-order valence-corrected chi connectivity index (χ3v) is 9.61. The Morgan fingerprint density at radius 1 is 1.13 bits per heavy atom. The Hall–Kier alpha value is -3.92. The first-order valence-electron chi connectivity index (χ1n) is 17.2. The van der Waals surface area contributed by atoms with Crippen LogP contribution >= 0.6 is 0 Å². The molecule has 1 unspecified atom stereocenters. The number of nitrogens with one attached hydrogen (secondary N) is 1. The molecule has 4 aromatic rings. The van der Waals surface area contributed by atoms with Gasteiger partial charge >= 0.3 is 0 Å². The number of aryl methyl sites for hydroxylation is 1. The van der Waals surface area contributed by atoms with E-state index in [4.69, 9.17) is 17.1 Å². The van der Waals surface area contributed by atoms with Crippen molar-refractivity contribution in [3.05, 3.63) is 89.4 Å². The number of pyridine rings is 1. The number of halogens is 1. The van der Waals surface area contributed by atoms with Gasteiger partial charge in [-0.25, -0.2) is 9.82 Å². The van der Waals surface area contributed by atoms with Gasteiger partial charge < -0.3 is 15.3 Å². The van der Waals surface area contributed by atoms with Crippen LogP contribution in [0.4, 0.5) is 4.39 Å². The lowest BCUT2D eigenvalue weighted by atomic mass is 9.80. The fourth-order valence-corrected chi connectivity index (χ4v) is 7.10. The predicted molar refractivity (Wildman–Crippen MR) is 195 cm³/mol. The molecule has 1 aliphatic heterocycles. The van der Waals surface area contributed by atoms with E-state index in [9.17, 15) is 4.39 Å². The number of hydrazine groups is 1. The van der Waals surface area contributed by atoms with Crippen molar-refractivity contribution in [1.29, 1.82) is 0 Å². The van der Waals surface area contributed by atoms with Crippen molar-refractivity contribution in [3.63, 3.8) is 0 Å². The van der Waals surface area contributed by atoms with Gasteiger partial charge in [0.15, 0.2) is 0 Å². The first-order valence-corrected chi connectivity index (χ1v) is 17.2. The number of rotatable bonds is 13. The number of nitrogens with zero attached hydrogens (tertiary/aromatic N) is 3. The first-order chi connectivity index (χ1) is 22.6. The lowest BCUT2D eigenvalue weighted by Crippen LogP contribution is -2.47. The van der Waals surface area contributed by atoms with Gasteiger partial charge in [0.1, 0.15) is 6.67 Å². The molecular weight excluding hydrogens is 581 g/mol. The molecule has 0 amide bonds. The van der Waals surface area contributed by atoms with Gasteiger partial charge in [-0.05, 0) is 109 Å². The van der Waals surface area contributed by atoms with Crippen LogP contribution < -0.4 is 11.2 Å². The summed E-state index contributed by atoms with van der Waals surface area (Å²) in [6, 6.07) is 16.8. The summed E-state index contributed by atoms with van der Waals surface area (Å²) in [5, 5.41) is 3.30. The van der Waals surface area contributed by atoms with E-state index in [0.717, 1.165) is 79.8 Å². The zero-order chi connectivity index (χ0) is 33.7. The summed E-state index contributed by atoms with van der Waals surface area (Å²) in [7, 11) is 0. The highest BCUT2D eigenvalue weighted by Crippen LogP contribution is 2.42. The maximum atomic E-state index is 14.3. The molecule has 0 radical (unpaired) electrons. The summed E-state index contributed by atoms with van der Waals surface area (Å²) in [6.45, 7) is 17.7. The number of nitrogens with two attached hydrogens (primary N) is 1. The minimum atomic E-state index is -0.531. The lowest BCUT2D eigenvalue weighted by molar-refractivity contribution is 0.192. The van der Waals surface area contributed by atoms with Crippen molar-refractivity contribution in [1.82, 2.24) is 20.0 Å². The molecule has 2 aromatic heterocycles. The summed E-state index contributed by atoms with van der Waals surface area (Å²) in [4.78, 5) is 4.85. The third-order valence-electron chi connectivity index (χ3n) is 9.61. The molecule has 5 nitrogen and oxygen atoms in total. The van der Waals surface area contributed by atoms with Crippen molar-refractivity contribution in [2.75, 3.05) is 13.1 Å². The van der Waals surface area contributed by atoms with Crippen LogP contribution in [-0.4, -0.2) is 33.7 Å². The molecule has 47 heavy (non-hydrogen) atoms. The van der Waals surface area contributed by atoms with Gasteiger partial charge in [0.2, 0.25) is 0 Å². The maximum absolute atomic E-state index is 14.3. The molecule has 0 spiro atoms. The summed E-state index contributed by atoms with van der Waals surface area (Å²) >= 11 is 0. The van der Waals surface area contributed by atoms with E-state index in [1.807, 2.05) is 24.4 Å². The van der Waals surface area contributed by atoms with Crippen LogP contribution in [0.3, 0.4) is 0 Å². The van der Waals surface area contributed by atoms with Gasteiger partial charge in [0.05, 0.1) is 11.4 Å². The van der Waals surface area contributed by atoms with Gasteiger partial charge in [0.25, 0.3) is 0 Å². The van der Waals surface area contributed by atoms with E-state index in [2.05, 4.69) is 92.5 Å². The molecule has 1 atom stereocenters. The van der Waals surface area contributed by atoms with Gasteiger partial charge in [-0.1, -0.05) is 52.5 Å². The molecule has 3 N–H and O–H groups in total. The lowest BCUT2D eigenvalue weighted by Gasteiger charge is -2.33. The summed E-state index contributed by atoms with van der Waals surface area (Å²) in [5.74, 6) is 3.13. The van der Waals surface area contributed by atoms with Crippen molar-refractivity contribution >= 4 is 10.9 Å². The van der Waals surface area contributed by atoms with Crippen molar-refractivity contribution < 1.29 is 4.39 Å². The van der Waals surface area contributed by atoms with Crippen molar-refractivity contribution in [2.24, 2.45) is 11.1 Å². The highest BCUT2D eigenvalue weighted by atomic mass is 19.1. The Bertz CT molecular complexity index is 1750. The molecule has 6 heteroatoms. The molecule has 0 aliphatic carbocycles. The van der Waals surface area contributed by atoms with E-state index in [0.29, 0.717) is 12.0 Å². The molecule has 0 bridgehead atoms. The van der Waals surface area contributed by atoms with Crippen LogP contribution in [0.2, 0.25) is 0 Å². The zero-order valence-electron chi connectivity index (χ0n) is 29.0. The largest absolute Gasteiger partial charge is 0.340 e. The second kappa shape index (κ2) is 14.9. The van der Waals surface area contributed by atoms with Crippen LogP contribution in [0, 0.1) is 17.8 Å². The second-order valence-electron chi connectivity index (χ2n) is 14.2. The summed E-state index contributed by atoms with van der Waals surface area (Å²) in [6.07, 6.45) is 13.0. The van der Waals surface area contributed by atoms with Gasteiger partial charge in [-0.15, -0.1) is 12.3 Å².